The standard InChI is InChI=1S/C14H21N7O5/c15-13-18-10-7(11(25)19-13)17-14(20-3-1-16-2-4-20)21(10)12-9(24)8(23)6(5-22)26-12/h6,8-9,12,16,22-24H,1-5H2,(H3,15,18,19,25)/p+1. The number of aliphatic hydroxyl groups is 3. The molecule has 12 heteroatoms. The van der Waals surface area contributed by atoms with Crippen LogP contribution in [0.25, 0.3) is 11.2 Å². The average Bonchev–Trinajstić information content (AvgIpc) is 3.14. The molecule has 26 heavy (non-hydrogen) atoms. The second kappa shape index (κ2) is 6.48. The second-order valence-corrected chi connectivity index (χ2v) is 6.49. The predicted molar refractivity (Wildman–Crippen MR) is 89.4 cm³/mol. The molecule has 2 saturated heterocycles. The number of hydrogen-bond donors (Lipinski definition) is 6. The third-order valence-electron chi connectivity index (χ3n) is 4.81. The third-order valence-corrected chi connectivity index (χ3v) is 4.81. The highest BCUT2D eigenvalue weighted by Gasteiger charge is 2.45. The van der Waals surface area contributed by atoms with Crippen molar-refractivity contribution in [1.29, 1.82) is 0 Å². The van der Waals surface area contributed by atoms with Crippen molar-refractivity contribution in [2.75, 3.05) is 43.4 Å². The topological polar surface area (TPSA) is 179 Å². The zero-order valence-corrected chi connectivity index (χ0v) is 13.9. The summed E-state index contributed by atoms with van der Waals surface area (Å²) in [5, 5.41) is 32.1. The van der Waals surface area contributed by atoms with E-state index in [0.29, 0.717) is 19.0 Å². The van der Waals surface area contributed by atoms with Crippen LogP contribution < -0.4 is 21.5 Å². The number of nitrogens with two attached hydrogens (primary N) is 2. The lowest BCUT2D eigenvalue weighted by atomic mass is 10.1. The number of aromatic nitrogens is 4. The van der Waals surface area contributed by atoms with Crippen LogP contribution in [-0.4, -0.2) is 85.9 Å². The van der Waals surface area contributed by atoms with Gasteiger partial charge in [-0.25, -0.2) is 4.98 Å². The molecule has 2 aliphatic rings. The first-order valence-electron chi connectivity index (χ1n) is 8.48. The number of hydrogen-bond acceptors (Lipinski definition) is 9. The van der Waals surface area contributed by atoms with Crippen LogP contribution in [0.1, 0.15) is 6.23 Å². The van der Waals surface area contributed by atoms with E-state index in [1.807, 2.05) is 4.90 Å². The Morgan fingerprint density at radius 3 is 2.65 bits per heavy atom. The van der Waals surface area contributed by atoms with Crippen molar-refractivity contribution in [1.82, 2.24) is 19.5 Å². The van der Waals surface area contributed by atoms with Crippen molar-refractivity contribution in [2.24, 2.45) is 0 Å². The van der Waals surface area contributed by atoms with E-state index in [1.54, 1.807) is 0 Å². The summed E-state index contributed by atoms with van der Waals surface area (Å²) >= 11 is 0. The highest BCUT2D eigenvalue weighted by Crippen LogP contribution is 2.35. The molecule has 0 spiro atoms. The van der Waals surface area contributed by atoms with Crippen molar-refractivity contribution in [2.45, 2.75) is 24.5 Å². The van der Waals surface area contributed by atoms with Gasteiger partial charge in [-0.05, 0) is 0 Å². The zero-order chi connectivity index (χ0) is 18.4. The van der Waals surface area contributed by atoms with E-state index in [9.17, 15) is 20.1 Å². The van der Waals surface area contributed by atoms with Crippen molar-refractivity contribution in [3.8, 4) is 0 Å². The van der Waals surface area contributed by atoms with Gasteiger partial charge in [0.2, 0.25) is 11.9 Å². The Morgan fingerprint density at radius 1 is 1.27 bits per heavy atom. The smallest absolute Gasteiger partial charge is 0.280 e. The van der Waals surface area contributed by atoms with Crippen molar-refractivity contribution in [3.05, 3.63) is 10.4 Å². The minimum Gasteiger partial charge on any atom is -0.394 e. The Morgan fingerprint density at radius 2 is 2.00 bits per heavy atom. The number of nitrogens with zero attached hydrogens (tertiary/aromatic N) is 4. The molecule has 142 valence electrons. The average molecular weight is 368 g/mol. The van der Waals surface area contributed by atoms with Gasteiger partial charge in [0.15, 0.2) is 17.4 Å². The van der Waals surface area contributed by atoms with Crippen LogP contribution >= 0.6 is 0 Å². The molecular formula is C14H22N7O5+. The van der Waals surface area contributed by atoms with Crippen LogP contribution in [-0.2, 0) is 4.74 Å². The Hall–Kier alpha value is -2.25. The number of rotatable bonds is 3. The van der Waals surface area contributed by atoms with Crippen LogP contribution in [0.15, 0.2) is 4.79 Å². The number of nitrogens with one attached hydrogen (secondary N) is 1. The maximum Gasteiger partial charge on any atom is 0.280 e. The van der Waals surface area contributed by atoms with Gasteiger partial charge in [-0.1, -0.05) is 0 Å². The molecule has 4 unspecified atom stereocenters. The molecule has 2 aliphatic heterocycles. The zero-order valence-electron chi connectivity index (χ0n) is 13.9. The number of piperazine rings is 1. The SMILES string of the molecule is Nc1nc2c(nc(N3CC[NH2+]CC3)n2C2OC(CO)C(O)C2O)c(=O)[nH]1. The van der Waals surface area contributed by atoms with Crippen molar-refractivity contribution in [3.63, 3.8) is 0 Å². The molecule has 4 heterocycles. The number of ether oxygens (including phenoxy) is 1. The maximum atomic E-state index is 12.3. The van der Waals surface area contributed by atoms with Crippen LogP contribution in [0.4, 0.5) is 11.9 Å². The van der Waals surface area contributed by atoms with Gasteiger partial charge in [0.1, 0.15) is 18.3 Å². The highest BCUT2D eigenvalue weighted by atomic mass is 16.6. The van der Waals surface area contributed by atoms with Gasteiger partial charge in [-0.15, -0.1) is 0 Å². The monoisotopic (exact) mass is 368 g/mol. The van der Waals surface area contributed by atoms with E-state index >= 15 is 0 Å². The first-order valence-corrected chi connectivity index (χ1v) is 8.48. The second-order valence-electron chi connectivity index (χ2n) is 6.49. The molecule has 2 fully saturated rings. The largest absolute Gasteiger partial charge is 0.394 e. The normalized spacial score (nSPS) is 29.6. The van der Waals surface area contributed by atoms with E-state index < -0.39 is 36.7 Å². The number of imidazole rings is 1. The number of nitrogen functional groups attached to an aromatic ring is 1. The van der Waals surface area contributed by atoms with Crippen LogP contribution in [0.3, 0.4) is 0 Å². The lowest BCUT2D eigenvalue weighted by Gasteiger charge is -2.29. The van der Waals surface area contributed by atoms with E-state index in [1.165, 1.54) is 4.57 Å². The lowest BCUT2D eigenvalue weighted by molar-refractivity contribution is -0.655. The number of quaternary nitrogens is 1. The molecule has 0 saturated carbocycles. The van der Waals surface area contributed by atoms with Crippen LogP contribution in [0.2, 0.25) is 0 Å². The molecule has 0 aromatic carbocycles. The van der Waals surface area contributed by atoms with Gasteiger partial charge in [0.05, 0.1) is 32.8 Å². The summed E-state index contributed by atoms with van der Waals surface area (Å²) in [7, 11) is 0. The summed E-state index contributed by atoms with van der Waals surface area (Å²) in [5.41, 5.74) is 5.41. The number of H-pyrrole nitrogens is 1. The minimum atomic E-state index is -1.32. The molecule has 0 bridgehead atoms. The third kappa shape index (κ3) is 2.62. The quantitative estimate of drug-likeness (QED) is 0.312. The lowest BCUT2D eigenvalue weighted by Crippen LogP contribution is -2.89. The Balaban J connectivity index is 1.89. The molecule has 0 radical (unpaired) electrons. The number of anilines is 2. The molecule has 4 rings (SSSR count). The fourth-order valence-electron chi connectivity index (χ4n) is 3.49. The van der Waals surface area contributed by atoms with Gasteiger partial charge < -0.3 is 36.0 Å². The van der Waals surface area contributed by atoms with E-state index in [2.05, 4.69) is 20.3 Å². The molecule has 2 aromatic rings. The van der Waals surface area contributed by atoms with E-state index in [-0.39, 0.29) is 17.1 Å². The Labute approximate surface area is 147 Å². The Bertz CT molecular complexity index is 861. The summed E-state index contributed by atoms with van der Waals surface area (Å²) in [6.45, 7) is 2.62. The van der Waals surface area contributed by atoms with Gasteiger partial charge in [0.25, 0.3) is 5.56 Å². The summed E-state index contributed by atoms with van der Waals surface area (Å²) in [6, 6.07) is 0. The molecule has 8 N–H and O–H groups in total. The molecule has 0 aliphatic carbocycles. The first-order chi connectivity index (χ1) is 12.5. The summed E-state index contributed by atoms with van der Waals surface area (Å²) in [4.78, 5) is 25.2. The number of aromatic amines is 1. The number of aliphatic hydroxyl groups excluding tert-OH is 3. The molecular weight excluding hydrogens is 346 g/mol. The van der Waals surface area contributed by atoms with Crippen LogP contribution in [0, 0.1) is 0 Å². The minimum absolute atomic E-state index is 0.0708. The first kappa shape index (κ1) is 17.2. The molecule has 4 atom stereocenters. The summed E-state index contributed by atoms with van der Waals surface area (Å²) in [5.74, 6) is 0.320. The fraction of sp³-hybridized carbons (Fsp3) is 0.643. The van der Waals surface area contributed by atoms with E-state index in [0.717, 1.165) is 13.1 Å². The molecule has 2 aromatic heterocycles. The summed E-state index contributed by atoms with van der Waals surface area (Å²) in [6.07, 6.45) is -4.60. The van der Waals surface area contributed by atoms with E-state index in [4.69, 9.17) is 10.5 Å². The van der Waals surface area contributed by atoms with Gasteiger partial charge >= 0.3 is 0 Å². The fourth-order valence-corrected chi connectivity index (χ4v) is 3.49. The van der Waals surface area contributed by atoms with Crippen molar-refractivity contribution < 1.29 is 25.4 Å². The van der Waals surface area contributed by atoms with Crippen molar-refractivity contribution >= 4 is 23.1 Å². The predicted octanol–water partition coefficient (Wildman–Crippen LogP) is -4.30. The van der Waals surface area contributed by atoms with Gasteiger partial charge in [0, 0.05) is 0 Å². The van der Waals surface area contributed by atoms with Crippen LogP contribution in [0.5, 0.6) is 0 Å². The molecule has 0 amide bonds. The molecule has 12 nitrogen and oxygen atoms in total. The highest BCUT2D eigenvalue weighted by molar-refractivity contribution is 5.75. The van der Waals surface area contributed by atoms with Gasteiger partial charge in [-0.2, -0.15) is 4.98 Å². The van der Waals surface area contributed by atoms with Gasteiger partial charge in [-0.3, -0.25) is 14.3 Å². The summed E-state index contributed by atoms with van der Waals surface area (Å²) < 4.78 is 7.13. The maximum absolute atomic E-state index is 12.3. The number of fused-ring (bicyclic) bond motifs is 1. The Kier molecular flexibility index (Phi) is 4.28.